The first-order valence-electron chi connectivity index (χ1n) is 7.35. The largest absolute Gasteiger partial charge is 0.385 e. The van der Waals surface area contributed by atoms with Crippen molar-refractivity contribution in [3.63, 3.8) is 0 Å². The molecule has 2 rings (SSSR count). The SMILES string of the molecule is COCCCCCN=C1NC(Cc2ccccc2)CS1. The van der Waals surface area contributed by atoms with Crippen LogP contribution in [0.1, 0.15) is 24.8 Å². The van der Waals surface area contributed by atoms with Crippen LogP contribution >= 0.6 is 11.8 Å². The van der Waals surface area contributed by atoms with Gasteiger partial charge in [0.25, 0.3) is 0 Å². The van der Waals surface area contributed by atoms with E-state index in [1.807, 2.05) is 11.8 Å². The lowest BCUT2D eigenvalue weighted by Gasteiger charge is -2.09. The molecule has 1 atom stereocenters. The summed E-state index contributed by atoms with van der Waals surface area (Å²) in [4.78, 5) is 4.64. The third-order valence-corrected chi connectivity index (χ3v) is 4.43. The first kappa shape index (κ1) is 15.4. The molecule has 0 amide bonds. The number of benzene rings is 1. The lowest BCUT2D eigenvalue weighted by molar-refractivity contribution is 0.192. The molecule has 1 unspecified atom stereocenters. The first-order valence-corrected chi connectivity index (χ1v) is 8.33. The molecule has 4 heteroatoms. The standard InChI is InChI=1S/C16H24N2OS/c1-19-11-7-3-6-10-17-16-18-15(13-20-16)12-14-8-4-2-5-9-14/h2,4-5,8-9,15H,3,6-7,10-13H2,1H3,(H,17,18). The predicted molar refractivity (Wildman–Crippen MR) is 87.6 cm³/mol. The summed E-state index contributed by atoms with van der Waals surface area (Å²) >= 11 is 1.85. The average Bonchev–Trinajstić information content (AvgIpc) is 2.91. The predicted octanol–water partition coefficient (Wildman–Crippen LogP) is 3.11. The Morgan fingerprint density at radius 1 is 1.25 bits per heavy atom. The van der Waals surface area contributed by atoms with E-state index >= 15 is 0 Å². The van der Waals surface area contributed by atoms with Crippen LogP contribution in [0.4, 0.5) is 0 Å². The van der Waals surface area contributed by atoms with Crippen LogP contribution in [0.5, 0.6) is 0 Å². The van der Waals surface area contributed by atoms with Gasteiger partial charge in [0.2, 0.25) is 0 Å². The van der Waals surface area contributed by atoms with Crippen molar-refractivity contribution < 1.29 is 4.74 Å². The van der Waals surface area contributed by atoms with Crippen molar-refractivity contribution >= 4 is 16.9 Å². The average molecular weight is 292 g/mol. The van der Waals surface area contributed by atoms with Gasteiger partial charge >= 0.3 is 0 Å². The Morgan fingerprint density at radius 3 is 2.90 bits per heavy atom. The highest BCUT2D eigenvalue weighted by Gasteiger charge is 2.19. The second-order valence-electron chi connectivity index (χ2n) is 5.08. The Bertz CT molecular complexity index is 408. The van der Waals surface area contributed by atoms with Crippen molar-refractivity contribution in [3.8, 4) is 0 Å². The molecule has 0 aliphatic carbocycles. The minimum atomic E-state index is 0.523. The molecular weight excluding hydrogens is 268 g/mol. The van der Waals surface area contributed by atoms with Gasteiger partial charge in [-0.3, -0.25) is 4.99 Å². The van der Waals surface area contributed by atoms with Crippen LogP contribution in [0.3, 0.4) is 0 Å². The Balaban J connectivity index is 1.64. The maximum absolute atomic E-state index is 5.04. The fraction of sp³-hybridized carbons (Fsp3) is 0.562. The number of ether oxygens (including phenoxy) is 1. The van der Waals surface area contributed by atoms with Crippen molar-refractivity contribution in [2.45, 2.75) is 31.7 Å². The summed E-state index contributed by atoms with van der Waals surface area (Å²) in [5, 5.41) is 4.65. The van der Waals surface area contributed by atoms with Gasteiger partial charge in [-0.25, -0.2) is 0 Å². The fourth-order valence-corrected chi connectivity index (χ4v) is 3.25. The minimum absolute atomic E-state index is 0.523. The first-order chi connectivity index (χ1) is 9.88. The van der Waals surface area contributed by atoms with Crippen LogP contribution in [0.15, 0.2) is 35.3 Å². The number of nitrogens with zero attached hydrogens (tertiary/aromatic N) is 1. The van der Waals surface area contributed by atoms with Crippen LogP contribution in [0.25, 0.3) is 0 Å². The molecule has 0 bridgehead atoms. The van der Waals surface area contributed by atoms with Gasteiger partial charge in [-0.2, -0.15) is 0 Å². The Morgan fingerprint density at radius 2 is 2.10 bits per heavy atom. The second kappa shape index (κ2) is 9.03. The molecule has 1 aromatic carbocycles. The summed E-state index contributed by atoms with van der Waals surface area (Å²) in [5.41, 5.74) is 1.39. The normalized spacial score (nSPS) is 20.2. The van der Waals surface area contributed by atoms with Gasteiger partial charge in [0.15, 0.2) is 5.17 Å². The molecule has 1 saturated heterocycles. The highest BCUT2D eigenvalue weighted by molar-refractivity contribution is 8.14. The van der Waals surface area contributed by atoms with Crippen LogP contribution < -0.4 is 5.32 Å². The number of hydrogen-bond donors (Lipinski definition) is 1. The molecule has 20 heavy (non-hydrogen) atoms. The van der Waals surface area contributed by atoms with E-state index in [1.54, 1.807) is 7.11 Å². The van der Waals surface area contributed by atoms with Gasteiger partial charge in [0, 0.05) is 32.1 Å². The number of amidine groups is 1. The molecule has 1 heterocycles. The fourth-order valence-electron chi connectivity index (χ4n) is 2.25. The number of methoxy groups -OCH3 is 1. The van der Waals surface area contributed by atoms with Gasteiger partial charge in [-0.05, 0) is 31.2 Å². The van der Waals surface area contributed by atoms with E-state index in [9.17, 15) is 0 Å². The van der Waals surface area contributed by atoms with E-state index in [2.05, 4.69) is 40.6 Å². The summed E-state index contributed by atoms with van der Waals surface area (Å²) in [6.07, 6.45) is 4.57. The summed E-state index contributed by atoms with van der Waals surface area (Å²) in [5.74, 6) is 1.12. The molecular formula is C16H24N2OS. The van der Waals surface area contributed by atoms with Gasteiger partial charge < -0.3 is 10.1 Å². The highest BCUT2D eigenvalue weighted by atomic mass is 32.2. The van der Waals surface area contributed by atoms with Gasteiger partial charge in [-0.1, -0.05) is 42.1 Å². The van der Waals surface area contributed by atoms with E-state index < -0.39 is 0 Å². The van der Waals surface area contributed by atoms with Crippen molar-refractivity contribution in [2.75, 3.05) is 26.0 Å². The summed E-state index contributed by atoms with van der Waals surface area (Å²) in [6, 6.07) is 11.2. The number of aliphatic imine (C=N–C) groups is 1. The number of rotatable bonds is 8. The molecule has 1 fully saturated rings. The van der Waals surface area contributed by atoms with Crippen molar-refractivity contribution in [1.29, 1.82) is 0 Å². The quantitative estimate of drug-likeness (QED) is 0.748. The number of hydrogen-bond acceptors (Lipinski definition) is 3. The Hall–Kier alpha value is -1.00. The Labute approximate surface area is 126 Å². The molecule has 0 saturated carbocycles. The van der Waals surface area contributed by atoms with Crippen molar-refractivity contribution in [3.05, 3.63) is 35.9 Å². The number of thioether (sulfide) groups is 1. The van der Waals surface area contributed by atoms with E-state index in [1.165, 1.54) is 12.0 Å². The second-order valence-corrected chi connectivity index (χ2v) is 6.09. The maximum Gasteiger partial charge on any atom is 0.156 e. The smallest absolute Gasteiger partial charge is 0.156 e. The Kier molecular flexibility index (Phi) is 6.95. The molecule has 110 valence electrons. The topological polar surface area (TPSA) is 33.6 Å². The monoisotopic (exact) mass is 292 g/mol. The number of unbranched alkanes of at least 4 members (excludes halogenated alkanes) is 2. The zero-order valence-corrected chi connectivity index (χ0v) is 13.0. The summed E-state index contributed by atoms with van der Waals surface area (Å²) in [7, 11) is 1.76. The molecule has 1 aromatic rings. The van der Waals surface area contributed by atoms with Crippen LogP contribution in [-0.4, -0.2) is 37.2 Å². The molecule has 1 N–H and O–H groups in total. The van der Waals surface area contributed by atoms with E-state index in [0.717, 1.165) is 43.3 Å². The molecule has 0 aromatic heterocycles. The highest BCUT2D eigenvalue weighted by Crippen LogP contribution is 2.17. The van der Waals surface area contributed by atoms with E-state index in [-0.39, 0.29) is 0 Å². The lowest BCUT2D eigenvalue weighted by Crippen LogP contribution is -2.29. The molecule has 3 nitrogen and oxygen atoms in total. The third-order valence-electron chi connectivity index (χ3n) is 3.34. The van der Waals surface area contributed by atoms with Gasteiger partial charge in [0.1, 0.15) is 0 Å². The zero-order chi connectivity index (χ0) is 14.0. The van der Waals surface area contributed by atoms with Crippen LogP contribution in [0.2, 0.25) is 0 Å². The van der Waals surface area contributed by atoms with E-state index in [0.29, 0.717) is 6.04 Å². The molecule has 1 aliphatic rings. The van der Waals surface area contributed by atoms with Gasteiger partial charge in [0.05, 0.1) is 0 Å². The molecule has 0 spiro atoms. The summed E-state index contributed by atoms with van der Waals surface area (Å²) < 4.78 is 5.04. The molecule has 1 aliphatic heterocycles. The molecule has 0 radical (unpaired) electrons. The van der Waals surface area contributed by atoms with E-state index in [4.69, 9.17) is 4.74 Å². The maximum atomic E-state index is 5.04. The lowest BCUT2D eigenvalue weighted by atomic mass is 10.1. The van der Waals surface area contributed by atoms with Crippen LogP contribution in [-0.2, 0) is 11.2 Å². The van der Waals surface area contributed by atoms with Crippen LogP contribution in [0, 0.1) is 0 Å². The van der Waals surface area contributed by atoms with Crippen molar-refractivity contribution in [2.24, 2.45) is 4.99 Å². The van der Waals surface area contributed by atoms with Gasteiger partial charge in [-0.15, -0.1) is 0 Å². The zero-order valence-electron chi connectivity index (χ0n) is 12.2. The summed E-state index contributed by atoms with van der Waals surface area (Å²) in [6.45, 7) is 1.79. The minimum Gasteiger partial charge on any atom is -0.385 e. The van der Waals surface area contributed by atoms with Crippen molar-refractivity contribution in [1.82, 2.24) is 5.32 Å². The number of nitrogens with one attached hydrogen (secondary N) is 1. The third kappa shape index (κ3) is 5.55.